The summed E-state index contributed by atoms with van der Waals surface area (Å²) < 4.78 is 18.9. The lowest BCUT2D eigenvalue weighted by atomic mass is 10.1. The average Bonchev–Trinajstić information content (AvgIpc) is 3.29. The number of rotatable bonds is 6. The molecule has 2 atom stereocenters. The van der Waals surface area contributed by atoms with Gasteiger partial charge in [0, 0.05) is 37.4 Å². The molecule has 0 saturated carbocycles. The van der Waals surface area contributed by atoms with Crippen molar-refractivity contribution < 1.29 is 13.7 Å². The monoisotopic (exact) mass is 437 g/mol. The molecule has 2 aromatic carbocycles. The number of hydrogen-bond donors (Lipinski definition) is 1. The van der Waals surface area contributed by atoms with E-state index in [0.717, 1.165) is 31.7 Å². The SMILES string of the molecule is Cc1ccc(-c2noc(C(C)N3CCN(C(C)C(=O)Nc4cccc(F)c4)CC3)n2)cc1. The number of aromatic nitrogens is 2. The Labute approximate surface area is 187 Å². The lowest BCUT2D eigenvalue weighted by Gasteiger charge is -2.39. The van der Waals surface area contributed by atoms with Crippen LogP contribution in [0.2, 0.25) is 0 Å². The highest BCUT2D eigenvalue weighted by Crippen LogP contribution is 2.24. The summed E-state index contributed by atoms with van der Waals surface area (Å²) in [6, 6.07) is 13.6. The van der Waals surface area contributed by atoms with Gasteiger partial charge in [-0.2, -0.15) is 4.98 Å². The van der Waals surface area contributed by atoms with Gasteiger partial charge in [0.1, 0.15) is 5.82 Å². The zero-order valence-electron chi connectivity index (χ0n) is 18.6. The molecule has 1 N–H and O–H groups in total. The molecule has 4 rings (SSSR count). The number of piperazine rings is 1. The molecule has 1 aromatic heterocycles. The van der Waals surface area contributed by atoms with Crippen molar-refractivity contribution in [2.45, 2.75) is 32.9 Å². The van der Waals surface area contributed by atoms with Crippen molar-refractivity contribution in [2.75, 3.05) is 31.5 Å². The molecule has 0 bridgehead atoms. The third kappa shape index (κ3) is 5.03. The Balaban J connectivity index is 1.32. The maximum atomic E-state index is 13.4. The van der Waals surface area contributed by atoms with Crippen molar-refractivity contribution >= 4 is 11.6 Å². The number of carbonyl (C=O) groups is 1. The average molecular weight is 438 g/mol. The number of nitrogens with zero attached hydrogens (tertiary/aromatic N) is 4. The Morgan fingerprint density at radius 2 is 1.75 bits per heavy atom. The first kappa shape index (κ1) is 22.1. The van der Waals surface area contributed by atoms with Crippen LogP contribution in [0.3, 0.4) is 0 Å². The minimum Gasteiger partial charge on any atom is -0.337 e. The summed E-state index contributed by atoms with van der Waals surface area (Å²) in [6.45, 7) is 9.00. The first-order valence-corrected chi connectivity index (χ1v) is 10.9. The predicted octanol–water partition coefficient (Wildman–Crippen LogP) is 3.89. The third-order valence-electron chi connectivity index (χ3n) is 6.02. The summed E-state index contributed by atoms with van der Waals surface area (Å²) in [7, 11) is 0. The first-order chi connectivity index (χ1) is 15.4. The van der Waals surface area contributed by atoms with Crippen LogP contribution in [0.5, 0.6) is 0 Å². The van der Waals surface area contributed by atoms with Crippen LogP contribution in [0.1, 0.15) is 31.3 Å². The Morgan fingerprint density at radius 1 is 1.06 bits per heavy atom. The number of aryl methyl sites for hydroxylation is 1. The van der Waals surface area contributed by atoms with E-state index in [4.69, 9.17) is 4.52 Å². The van der Waals surface area contributed by atoms with E-state index in [9.17, 15) is 9.18 Å². The van der Waals surface area contributed by atoms with E-state index in [1.54, 1.807) is 12.1 Å². The van der Waals surface area contributed by atoms with Gasteiger partial charge in [0.05, 0.1) is 12.1 Å². The molecule has 2 heterocycles. The van der Waals surface area contributed by atoms with Gasteiger partial charge in [0.2, 0.25) is 17.6 Å². The summed E-state index contributed by atoms with van der Waals surface area (Å²) in [4.78, 5) is 21.6. The highest BCUT2D eigenvalue weighted by molar-refractivity contribution is 5.94. The topological polar surface area (TPSA) is 74.5 Å². The Morgan fingerprint density at radius 3 is 2.44 bits per heavy atom. The molecule has 1 aliphatic rings. The second-order valence-electron chi connectivity index (χ2n) is 8.25. The molecule has 1 amide bonds. The summed E-state index contributed by atoms with van der Waals surface area (Å²) in [5, 5.41) is 6.94. The van der Waals surface area contributed by atoms with Crippen LogP contribution in [-0.2, 0) is 4.79 Å². The minimum atomic E-state index is -0.371. The Bertz CT molecular complexity index is 1060. The first-order valence-electron chi connectivity index (χ1n) is 10.9. The van der Waals surface area contributed by atoms with Crippen molar-refractivity contribution in [3.8, 4) is 11.4 Å². The van der Waals surface area contributed by atoms with Crippen LogP contribution in [0.4, 0.5) is 10.1 Å². The van der Waals surface area contributed by atoms with Crippen LogP contribution in [0.15, 0.2) is 53.1 Å². The molecule has 0 radical (unpaired) electrons. The van der Waals surface area contributed by atoms with E-state index in [1.807, 2.05) is 38.1 Å². The largest absolute Gasteiger partial charge is 0.337 e. The van der Waals surface area contributed by atoms with E-state index < -0.39 is 0 Å². The Hall–Kier alpha value is -3.10. The molecule has 1 fully saturated rings. The third-order valence-corrected chi connectivity index (χ3v) is 6.02. The van der Waals surface area contributed by atoms with Crippen molar-refractivity contribution in [1.82, 2.24) is 19.9 Å². The van der Waals surface area contributed by atoms with Gasteiger partial charge >= 0.3 is 0 Å². The van der Waals surface area contributed by atoms with Gasteiger partial charge < -0.3 is 9.84 Å². The molecular weight excluding hydrogens is 409 g/mol. The second kappa shape index (κ2) is 9.58. The molecule has 0 aliphatic carbocycles. The van der Waals surface area contributed by atoms with Crippen LogP contribution in [0.25, 0.3) is 11.4 Å². The maximum absolute atomic E-state index is 13.4. The number of halogens is 1. The fraction of sp³-hybridized carbons (Fsp3) is 0.375. The number of anilines is 1. The Kier molecular flexibility index (Phi) is 6.62. The minimum absolute atomic E-state index is 0.0136. The summed E-state index contributed by atoms with van der Waals surface area (Å²) in [5.74, 6) is 0.667. The van der Waals surface area contributed by atoms with Crippen molar-refractivity contribution in [3.05, 3.63) is 65.8 Å². The standard InChI is InChI=1S/C24H28FN5O2/c1-16-7-9-19(10-8-16)22-27-24(32-28-22)18(3)30-13-11-29(12-14-30)17(2)23(31)26-21-6-4-5-20(25)15-21/h4-10,15,17-18H,11-14H2,1-3H3,(H,26,31). The molecule has 0 spiro atoms. The number of amides is 1. The molecule has 8 heteroatoms. The number of benzene rings is 2. The molecule has 168 valence electrons. The quantitative estimate of drug-likeness (QED) is 0.631. The van der Waals surface area contributed by atoms with Crippen LogP contribution in [0, 0.1) is 12.7 Å². The van der Waals surface area contributed by atoms with E-state index in [-0.39, 0.29) is 23.8 Å². The number of hydrogen-bond acceptors (Lipinski definition) is 6. The predicted molar refractivity (Wildman–Crippen MR) is 121 cm³/mol. The molecule has 3 aromatic rings. The fourth-order valence-corrected chi connectivity index (χ4v) is 3.87. The van der Waals surface area contributed by atoms with E-state index >= 15 is 0 Å². The maximum Gasteiger partial charge on any atom is 0.244 e. The molecule has 1 saturated heterocycles. The van der Waals surface area contributed by atoms with Gasteiger partial charge in [-0.1, -0.05) is 41.1 Å². The van der Waals surface area contributed by atoms with Gasteiger partial charge in [-0.05, 0) is 39.0 Å². The smallest absolute Gasteiger partial charge is 0.244 e. The highest BCUT2D eigenvalue weighted by Gasteiger charge is 2.30. The summed E-state index contributed by atoms with van der Waals surface area (Å²) in [6.07, 6.45) is 0. The second-order valence-corrected chi connectivity index (χ2v) is 8.25. The molecule has 7 nitrogen and oxygen atoms in total. The van der Waals surface area contributed by atoms with Crippen molar-refractivity contribution in [3.63, 3.8) is 0 Å². The van der Waals surface area contributed by atoms with Gasteiger partial charge in [-0.25, -0.2) is 4.39 Å². The zero-order chi connectivity index (χ0) is 22.7. The van der Waals surface area contributed by atoms with Crippen molar-refractivity contribution in [2.24, 2.45) is 0 Å². The molecule has 1 aliphatic heterocycles. The van der Waals surface area contributed by atoms with E-state index in [1.165, 1.54) is 17.7 Å². The van der Waals surface area contributed by atoms with Crippen molar-refractivity contribution in [1.29, 1.82) is 0 Å². The molecule has 32 heavy (non-hydrogen) atoms. The van der Waals surface area contributed by atoms with Crippen LogP contribution >= 0.6 is 0 Å². The summed E-state index contributed by atoms with van der Waals surface area (Å²) >= 11 is 0. The zero-order valence-corrected chi connectivity index (χ0v) is 18.6. The van der Waals surface area contributed by atoms with Gasteiger partial charge in [-0.3, -0.25) is 14.6 Å². The van der Waals surface area contributed by atoms with E-state index in [0.29, 0.717) is 17.4 Å². The number of carbonyl (C=O) groups excluding carboxylic acids is 1. The lowest BCUT2D eigenvalue weighted by molar-refractivity contribution is -0.121. The van der Waals surface area contributed by atoms with Gasteiger partial charge in [-0.15, -0.1) is 0 Å². The van der Waals surface area contributed by atoms with Crippen LogP contribution in [-0.4, -0.2) is 58.1 Å². The van der Waals surface area contributed by atoms with Gasteiger partial charge in [0.15, 0.2) is 0 Å². The highest BCUT2D eigenvalue weighted by atomic mass is 19.1. The lowest BCUT2D eigenvalue weighted by Crippen LogP contribution is -2.53. The number of nitrogens with one attached hydrogen (secondary N) is 1. The van der Waals surface area contributed by atoms with Crippen LogP contribution < -0.4 is 5.32 Å². The van der Waals surface area contributed by atoms with E-state index in [2.05, 4.69) is 32.2 Å². The normalized spacial score (nSPS) is 17.1. The molecule has 2 unspecified atom stereocenters. The fourth-order valence-electron chi connectivity index (χ4n) is 3.87. The summed E-state index contributed by atoms with van der Waals surface area (Å²) in [5.41, 5.74) is 2.58. The van der Waals surface area contributed by atoms with Gasteiger partial charge in [0.25, 0.3) is 0 Å². The molecular formula is C24H28FN5O2.